The summed E-state index contributed by atoms with van der Waals surface area (Å²) in [6.45, 7) is 4.14. The van der Waals surface area contributed by atoms with Crippen molar-refractivity contribution in [2.45, 2.75) is 44.1 Å². The van der Waals surface area contributed by atoms with Crippen LogP contribution >= 0.6 is 0 Å². The first-order valence-electron chi connectivity index (χ1n) is 4.74. The molecule has 2 saturated heterocycles. The topological polar surface area (TPSA) is 53.7 Å². The van der Waals surface area contributed by atoms with Crippen LogP contribution in [0.5, 0.6) is 0 Å². The molecule has 2 N–H and O–H groups in total. The third-order valence-electron chi connectivity index (χ3n) is 2.55. The molecule has 2 aliphatic rings. The average Bonchev–Trinajstić information content (AvgIpc) is 2.57. The number of hydrogen-bond donors (Lipinski definition) is 1. The van der Waals surface area contributed by atoms with Crippen molar-refractivity contribution in [1.82, 2.24) is 0 Å². The summed E-state index contributed by atoms with van der Waals surface area (Å²) in [6, 6.07) is 0. The highest BCUT2D eigenvalue weighted by Gasteiger charge is 2.54. The van der Waals surface area contributed by atoms with Gasteiger partial charge in [0.1, 0.15) is 24.4 Å². The zero-order chi connectivity index (χ0) is 10.3. The molecule has 0 amide bonds. The van der Waals surface area contributed by atoms with Gasteiger partial charge in [-0.1, -0.05) is 5.92 Å². The Morgan fingerprint density at radius 2 is 2.00 bits per heavy atom. The lowest BCUT2D eigenvalue weighted by Gasteiger charge is -2.21. The Morgan fingerprint density at radius 3 is 2.57 bits per heavy atom. The van der Waals surface area contributed by atoms with E-state index in [2.05, 4.69) is 5.92 Å². The summed E-state index contributed by atoms with van der Waals surface area (Å²) in [5.41, 5.74) is 5.57. The summed E-state index contributed by atoms with van der Waals surface area (Å²) in [5.74, 6) is 1.97. The molecule has 2 rings (SSSR count). The molecule has 2 aliphatic heterocycles. The maximum atomic E-state index is 5.69. The van der Waals surface area contributed by atoms with Crippen molar-refractivity contribution in [2.24, 2.45) is 5.73 Å². The molecule has 0 spiro atoms. The van der Waals surface area contributed by atoms with Crippen molar-refractivity contribution in [1.29, 1.82) is 0 Å². The molecule has 0 aromatic rings. The maximum Gasteiger partial charge on any atom is 0.164 e. The van der Waals surface area contributed by atoms with E-state index in [4.69, 9.17) is 26.4 Å². The zero-order valence-corrected chi connectivity index (χ0v) is 8.40. The molecule has 4 unspecified atom stereocenters. The normalized spacial score (nSPS) is 44.7. The SMILES string of the molecule is C#CC1OC(CN)C2OC(C)(C)OC12. The first kappa shape index (κ1) is 9.94. The highest BCUT2D eigenvalue weighted by molar-refractivity contribution is 5.10. The second-order valence-corrected chi connectivity index (χ2v) is 4.06. The number of rotatable bonds is 1. The predicted molar refractivity (Wildman–Crippen MR) is 50.4 cm³/mol. The van der Waals surface area contributed by atoms with Crippen LogP contribution < -0.4 is 5.73 Å². The van der Waals surface area contributed by atoms with Crippen LogP contribution in [0.3, 0.4) is 0 Å². The molecule has 0 bridgehead atoms. The Labute approximate surface area is 83.7 Å². The van der Waals surface area contributed by atoms with Crippen molar-refractivity contribution >= 4 is 0 Å². The fourth-order valence-electron chi connectivity index (χ4n) is 2.01. The third-order valence-corrected chi connectivity index (χ3v) is 2.55. The van der Waals surface area contributed by atoms with Crippen LogP contribution in [0.25, 0.3) is 0 Å². The van der Waals surface area contributed by atoms with Gasteiger partial charge in [0.25, 0.3) is 0 Å². The molecule has 14 heavy (non-hydrogen) atoms. The van der Waals surface area contributed by atoms with Gasteiger partial charge in [0, 0.05) is 6.54 Å². The van der Waals surface area contributed by atoms with E-state index in [0.29, 0.717) is 6.54 Å². The van der Waals surface area contributed by atoms with E-state index in [1.807, 2.05) is 13.8 Å². The zero-order valence-electron chi connectivity index (χ0n) is 8.40. The molecule has 2 fully saturated rings. The maximum absolute atomic E-state index is 5.69. The van der Waals surface area contributed by atoms with Crippen LogP contribution in [0, 0.1) is 12.3 Å². The molecule has 0 aromatic heterocycles. The fraction of sp³-hybridized carbons (Fsp3) is 0.800. The van der Waals surface area contributed by atoms with Gasteiger partial charge in [0.2, 0.25) is 0 Å². The van der Waals surface area contributed by atoms with E-state index in [1.54, 1.807) is 0 Å². The van der Waals surface area contributed by atoms with Gasteiger partial charge < -0.3 is 19.9 Å². The molecule has 2 heterocycles. The van der Waals surface area contributed by atoms with Gasteiger partial charge in [-0.05, 0) is 13.8 Å². The first-order valence-corrected chi connectivity index (χ1v) is 4.74. The molecule has 0 saturated carbocycles. The van der Waals surface area contributed by atoms with E-state index < -0.39 is 5.79 Å². The van der Waals surface area contributed by atoms with E-state index in [-0.39, 0.29) is 24.4 Å². The van der Waals surface area contributed by atoms with Crippen molar-refractivity contribution in [3.05, 3.63) is 0 Å². The Bertz CT molecular complexity index is 271. The average molecular weight is 197 g/mol. The number of hydrogen-bond acceptors (Lipinski definition) is 4. The molecule has 0 aromatic carbocycles. The van der Waals surface area contributed by atoms with Gasteiger partial charge in [-0.2, -0.15) is 0 Å². The second-order valence-electron chi connectivity index (χ2n) is 4.06. The summed E-state index contributed by atoms with van der Waals surface area (Å²) < 4.78 is 16.9. The summed E-state index contributed by atoms with van der Waals surface area (Å²) in [6.07, 6.45) is 4.55. The van der Waals surface area contributed by atoms with E-state index >= 15 is 0 Å². The lowest BCUT2D eigenvalue weighted by Crippen LogP contribution is -2.34. The molecular weight excluding hydrogens is 182 g/mol. The summed E-state index contributed by atoms with van der Waals surface area (Å²) in [7, 11) is 0. The van der Waals surface area contributed by atoms with Crippen molar-refractivity contribution in [3.63, 3.8) is 0 Å². The first-order chi connectivity index (χ1) is 6.57. The smallest absolute Gasteiger partial charge is 0.164 e. The van der Waals surface area contributed by atoms with Gasteiger partial charge in [0.15, 0.2) is 5.79 Å². The van der Waals surface area contributed by atoms with Crippen LogP contribution in [0.2, 0.25) is 0 Å². The van der Waals surface area contributed by atoms with Crippen LogP contribution in [-0.2, 0) is 14.2 Å². The minimum absolute atomic E-state index is 0.129. The Kier molecular flexibility index (Phi) is 2.28. The molecule has 4 nitrogen and oxygen atoms in total. The number of ether oxygens (including phenoxy) is 3. The van der Waals surface area contributed by atoms with Gasteiger partial charge in [0.05, 0.1) is 0 Å². The largest absolute Gasteiger partial charge is 0.355 e. The van der Waals surface area contributed by atoms with Gasteiger partial charge in [-0.3, -0.25) is 0 Å². The molecular formula is C10H15NO3. The number of terminal acetylenes is 1. The Balaban J connectivity index is 2.17. The standard InChI is InChI=1S/C10H15NO3/c1-4-6-8-9(7(5-11)12-6)14-10(2,3)13-8/h1,6-9H,5,11H2,2-3H3. The number of nitrogens with two attached hydrogens (primary N) is 1. The van der Waals surface area contributed by atoms with E-state index in [9.17, 15) is 0 Å². The lowest BCUT2D eigenvalue weighted by molar-refractivity contribution is -0.180. The molecule has 0 aliphatic carbocycles. The highest BCUT2D eigenvalue weighted by Crippen LogP contribution is 2.37. The summed E-state index contributed by atoms with van der Waals surface area (Å²) >= 11 is 0. The Hall–Kier alpha value is -0.600. The minimum atomic E-state index is -0.582. The minimum Gasteiger partial charge on any atom is -0.355 e. The van der Waals surface area contributed by atoms with Crippen molar-refractivity contribution in [2.75, 3.05) is 6.54 Å². The van der Waals surface area contributed by atoms with Crippen molar-refractivity contribution < 1.29 is 14.2 Å². The van der Waals surface area contributed by atoms with E-state index in [0.717, 1.165) is 0 Å². The molecule has 4 atom stereocenters. The summed E-state index contributed by atoms with van der Waals surface area (Å²) in [4.78, 5) is 0. The van der Waals surface area contributed by atoms with Crippen molar-refractivity contribution in [3.8, 4) is 12.3 Å². The Morgan fingerprint density at radius 1 is 1.36 bits per heavy atom. The highest BCUT2D eigenvalue weighted by atomic mass is 16.8. The van der Waals surface area contributed by atoms with Gasteiger partial charge in [-0.25, -0.2) is 0 Å². The van der Waals surface area contributed by atoms with E-state index in [1.165, 1.54) is 0 Å². The van der Waals surface area contributed by atoms with Crippen LogP contribution in [0.4, 0.5) is 0 Å². The van der Waals surface area contributed by atoms with Crippen LogP contribution in [-0.4, -0.2) is 36.7 Å². The second kappa shape index (κ2) is 3.21. The predicted octanol–water partition coefficient (Wildman–Crippen LogP) is -0.134. The number of fused-ring (bicyclic) bond motifs is 1. The lowest BCUT2D eigenvalue weighted by atomic mass is 10.1. The van der Waals surface area contributed by atoms with Gasteiger partial charge >= 0.3 is 0 Å². The fourth-order valence-corrected chi connectivity index (χ4v) is 2.01. The summed E-state index contributed by atoms with van der Waals surface area (Å²) in [5, 5.41) is 0. The molecule has 0 radical (unpaired) electrons. The van der Waals surface area contributed by atoms with Crippen LogP contribution in [0.1, 0.15) is 13.8 Å². The van der Waals surface area contributed by atoms with Crippen LogP contribution in [0.15, 0.2) is 0 Å². The molecule has 78 valence electrons. The quantitative estimate of drug-likeness (QED) is 0.595. The molecule has 4 heteroatoms. The third kappa shape index (κ3) is 1.43. The van der Waals surface area contributed by atoms with Gasteiger partial charge in [-0.15, -0.1) is 6.42 Å². The monoisotopic (exact) mass is 197 g/mol.